The number of rotatable bonds is 1. The molecule has 0 fully saturated rings. The lowest BCUT2D eigenvalue weighted by molar-refractivity contribution is 0.0686. The highest BCUT2D eigenvalue weighted by molar-refractivity contribution is 5.98. The monoisotopic (exact) mass is 225 g/mol. The zero-order chi connectivity index (χ0) is 12.0. The highest BCUT2D eigenvalue weighted by Crippen LogP contribution is 2.26. The second-order valence-electron chi connectivity index (χ2n) is 3.62. The van der Waals surface area contributed by atoms with Crippen LogP contribution in [-0.4, -0.2) is 15.6 Å². The Hall–Kier alpha value is -1.91. The average molecular weight is 225 g/mol. The fourth-order valence-electron chi connectivity index (χ4n) is 1.92. The van der Waals surface area contributed by atoms with Gasteiger partial charge in [-0.2, -0.15) is 0 Å². The first kappa shape index (κ1) is 10.6. The third-order valence-corrected chi connectivity index (χ3v) is 2.70. The highest BCUT2D eigenvalue weighted by Gasteiger charge is 2.19. The summed E-state index contributed by atoms with van der Waals surface area (Å²) in [6.07, 6.45) is 0. The number of nitrogens with zero attached hydrogens (tertiary/aromatic N) is 1. The fourth-order valence-corrected chi connectivity index (χ4v) is 1.92. The lowest BCUT2D eigenvalue weighted by Gasteiger charge is -1.99. The number of carboxylic acids is 1. The Labute approximate surface area is 89.9 Å². The smallest absolute Gasteiger partial charge is 0.352 e. The van der Waals surface area contributed by atoms with Gasteiger partial charge in [0.2, 0.25) is 0 Å². The Balaban J connectivity index is 2.94. The highest BCUT2D eigenvalue weighted by atomic mass is 19.2. The first-order chi connectivity index (χ1) is 7.43. The van der Waals surface area contributed by atoms with E-state index < -0.39 is 17.6 Å². The van der Waals surface area contributed by atoms with Crippen molar-refractivity contribution in [3.8, 4) is 0 Å². The van der Waals surface area contributed by atoms with Crippen molar-refractivity contribution in [1.82, 2.24) is 4.57 Å². The lowest BCUT2D eigenvalue weighted by Crippen LogP contribution is -2.05. The fraction of sp³-hybridized carbons (Fsp3) is 0.182. The van der Waals surface area contributed by atoms with Crippen molar-refractivity contribution in [3.63, 3.8) is 0 Å². The van der Waals surface area contributed by atoms with E-state index in [1.54, 1.807) is 6.92 Å². The van der Waals surface area contributed by atoms with Gasteiger partial charge in [-0.3, -0.25) is 0 Å². The Morgan fingerprint density at radius 2 is 1.88 bits per heavy atom. The maximum atomic E-state index is 13.0. The molecule has 0 amide bonds. The number of fused-ring (bicyclic) bond motifs is 1. The molecule has 0 unspecified atom stereocenters. The quantitative estimate of drug-likeness (QED) is 0.810. The van der Waals surface area contributed by atoms with E-state index in [9.17, 15) is 13.6 Å². The predicted octanol–water partition coefficient (Wildman–Crippen LogP) is 2.46. The SMILES string of the molecule is Cc1c(C(=O)O)n(C)c2cc(F)c(F)cc12. The van der Waals surface area contributed by atoms with Gasteiger partial charge in [-0.05, 0) is 18.6 Å². The Morgan fingerprint density at radius 3 is 2.44 bits per heavy atom. The molecular weight excluding hydrogens is 216 g/mol. The molecule has 1 N–H and O–H groups in total. The van der Waals surface area contributed by atoms with Crippen molar-refractivity contribution < 1.29 is 18.7 Å². The van der Waals surface area contributed by atoms with Gasteiger partial charge in [0.25, 0.3) is 0 Å². The molecule has 5 heteroatoms. The summed E-state index contributed by atoms with van der Waals surface area (Å²) in [7, 11) is 1.51. The van der Waals surface area contributed by atoms with Crippen LogP contribution in [0.3, 0.4) is 0 Å². The third-order valence-electron chi connectivity index (χ3n) is 2.70. The molecule has 1 heterocycles. The van der Waals surface area contributed by atoms with Crippen LogP contribution in [-0.2, 0) is 7.05 Å². The van der Waals surface area contributed by atoms with Gasteiger partial charge in [0.15, 0.2) is 11.6 Å². The number of halogens is 2. The molecule has 0 radical (unpaired) electrons. The molecule has 84 valence electrons. The largest absolute Gasteiger partial charge is 0.477 e. The summed E-state index contributed by atoms with van der Waals surface area (Å²) in [5.41, 5.74) is 0.845. The van der Waals surface area contributed by atoms with Crippen molar-refractivity contribution in [1.29, 1.82) is 0 Å². The van der Waals surface area contributed by atoms with Crippen molar-refractivity contribution in [2.75, 3.05) is 0 Å². The normalized spacial score (nSPS) is 11.0. The van der Waals surface area contributed by atoms with Crippen LogP contribution in [0.1, 0.15) is 16.1 Å². The standard InChI is InChI=1S/C11H9F2NO2/c1-5-6-3-7(12)8(13)4-9(6)14(2)10(5)11(15)16/h3-4H,1-2H3,(H,15,16). The Morgan fingerprint density at radius 1 is 1.31 bits per heavy atom. The van der Waals surface area contributed by atoms with Crippen LogP contribution in [0.4, 0.5) is 8.78 Å². The van der Waals surface area contributed by atoms with Gasteiger partial charge in [-0.15, -0.1) is 0 Å². The van der Waals surface area contributed by atoms with Gasteiger partial charge in [-0.1, -0.05) is 0 Å². The summed E-state index contributed by atoms with van der Waals surface area (Å²) in [6, 6.07) is 2.02. The minimum atomic E-state index is -1.11. The van der Waals surface area contributed by atoms with Crippen LogP contribution in [0, 0.1) is 18.6 Å². The topological polar surface area (TPSA) is 42.2 Å². The van der Waals surface area contributed by atoms with Crippen molar-refractivity contribution in [2.45, 2.75) is 6.92 Å². The second kappa shape index (κ2) is 3.30. The number of hydrogen-bond acceptors (Lipinski definition) is 1. The van der Waals surface area contributed by atoms with Gasteiger partial charge in [0, 0.05) is 18.5 Å². The molecule has 0 saturated heterocycles. The van der Waals surface area contributed by atoms with Crippen LogP contribution in [0.25, 0.3) is 10.9 Å². The van der Waals surface area contributed by atoms with E-state index in [-0.39, 0.29) is 5.69 Å². The number of carboxylic acid groups (broad SMARTS) is 1. The molecule has 0 spiro atoms. The summed E-state index contributed by atoms with van der Waals surface area (Å²) in [5.74, 6) is -3.07. The molecule has 16 heavy (non-hydrogen) atoms. The van der Waals surface area contributed by atoms with Crippen molar-refractivity contribution in [3.05, 3.63) is 35.0 Å². The summed E-state index contributed by atoms with van der Waals surface area (Å²) in [5, 5.41) is 9.39. The van der Waals surface area contributed by atoms with E-state index in [2.05, 4.69) is 0 Å². The molecule has 0 aliphatic carbocycles. The van der Waals surface area contributed by atoms with E-state index in [0.717, 1.165) is 12.1 Å². The minimum Gasteiger partial charge on any atom is -0.477 e. The molecule has 0 saturated carbocycles. The Kier molecular flexibility index (Phi) is 2.18. The number of aromatic carboxylic acids is 1. The number of hydrogen-bond donors (Lipinski definition) is 1. The van der Waals surface area contributed by atoms with Crippen molar-refractivity contribution in [2.24, 2.45) is 7.05 Å². The maximum absolute atomic E-state index is 13.0. The third kappa shape index (κ3) is 1.28. The molecule has 3 nitrogen and oxygen atoms in total. The summed E-state index contributed by atoms with van der Waals surface area (Å²) in [6.45, 7) is 1.57. The molecule has 1 aromatic carbocycles. The average Bonchev–Trinajstić information content (AvgIpc) is 2.41. The van der Waals surface area contributed by atoms with Gasteiger partial charge in [0.05, 0.1) is 5.52 Å². The van der Waals surface area contributed by atoms with Crippen LogP contribution >= 0.6 is 0 Å². The zero-order valence-corrected chi connectivity index (χ0v) is 8.71. The van der Waals surface area contributed by atoms with Gasteiger partial charge >= 0.3 is 5.97 Å². The summed E-state index contributed by atoms with van der Waals surface area (Å²) < 4.78 is 27.4. The van der Waals surface area contributed by atoms with Crippen molar-refractivity contribution >= 4 is 16.9 Å². The maximum Gasteiger partial charge on any atom is 0.352 e. The molecule has 2 rings (SSSR count). The lowest BCUT2D eigenvalue weighted by atomic mass is 10.1. The van der Waals surface area contributed by atoms with Gasteiger partial charge < -0.3 is 9.67 Å². The van der Waals surface area contributed by atoms with E-state index in [1.165, 1.54) is 11.6 Å². The first-order valence-electron chi connectivity index (χ1n) is 4.60. The van der Waals surface area contributed by atoms with Crippen LogP contribution in [0.15, 0.2) is 12.1 Å². The number of aromatic nitrogens is 1. The van der Waals surface area contributed by atoms with Gasteiger partial charge in [0.1, 0.15) is 5.69 Å². The molecule has 2 aromatic rings. The molecule has 0 aliphatic heterocycles. The summed E-state index contributed by atoms with van der Waals surface area (Å²) >= 11 is 0. The minimum absolute atomic E-state index is 0.0417. The second-order valence-corrected chi connectivity index (χ2v) is 3.62. The van der Waals surface area contributed by atoms with Crippen LogP contribution in [0.5, 0.6) is 0 Å². The molecular formula is C11H9F2NO2. The number of aryl methyl sites for hydroxylation is 2. The van der Waals surface area contributed by atoms with Crippen LogP contribution < -0.4 is 0 Å². The number of benzene rings is 1. The molecule has 1 aromatic heterocycles. The molecule has 0 bridgehead atoms. The zero-order valence-electron chi connectivity index (χ0n) is 8.71. The molecule has 0 atom stereocenters. The van der Waals surface area contributed by atoms with Gasteiger partial charge in [-0.25, -0.2) is 13.6 Å². The molecule has 0 aliphatic rings. The first-order valence-corrected chi connectivity index (χ1v) is 4.60. The van der Waals surface area contributed by atoms with E-state index in [1.807, 2.05) is 0 Å². The van der Waals surface area contributed by atoms with E-state index in [4.69, 9.17) is 5.11 Å². The summed E-state index contributed by atoms with van der Waals surface area (Å²) in [4.78, 5) is 11.0. The number of carbonyl (C=O) groups is 1. The van der Waals surface area contributed by atoms with Crippen LogP contribution in [0.2, 0.25) is 0 Å². The Bertz CT molecular complexity index is 557. The predicted molar refractivity (Wildman–Crippen MR) is 54.5 cm³/mol. The van der Waals surface area contributed by atoms with E-state index >= 15 is 0 Å². The van der Waals surface area contributed by atoms with E-state index in [0.29, 0.717) is 16.5 Å².